The second kappa shape index (κ2) is 6.45. The van der Waals surface area contributed by atoms with E-state index < -0.39 is 37.5 Å². The van der Waals surface area contributed by atoms with Gasteiger partial charge >= 0.3 is 6.18 Å². The lowest BCUT2D eigenvalue weighted by atomic mass is 10.1. The van der Waals surface area contributed by atoms with Crippen LogP contribution in [0.25, 0.3) is 5.69 Å². The predicted molar refractivity (Wildman–Crippen MR) is 83.1 cm³/mol. The molecule has 0 bridgehead atoms. The van der Waals surface area contributed by atoms with Crippen molar-refractivity contribution in [2.24, 2.45) is 0 Å². The van der Waals surface area contributed by atoms with Crippen LogP contribution < -0.4 is 4.90 Å². The van der Waals surface area contributed by atoms with Crippen molar-refractivity contribution < 1.29 is 26.0 Å². The van der Waals surface area contributed by atoms with Crippen molar-refractivity contribution in [2.45, 2.75) is 24.4 Å². The summed E-state index contributed by atoms with van der Waals surface area (Å²) < 4.78 is 77.0. The first-order chi connectivity index (χ1) is 11.4. The zero-order valence-corrected chi connectivity index (χ0v) is 14.8. The Bertz CT molecular complexity index is 909. The quantitative estimate of drug-likeness (QED) is 0.583. The van der Waals surface area contributed by atoms with Gasteiger partial charge in [0.15, 0.2) is 0 Å². The fourth-order valence-corrected chi connectivity index (χ4v) is 3.32. The second-order valence-corrected chi connectivity index (χ2v) is 7.78. The maximum absolute atomic E-state index is 14.4. The Kier molecular flexibility index (Phi) is 5.01. The minimum absolute atomic E-state index is 0.0961. The molecule has 0 amide bonds. The fraction of sp³-hybridized carbons (Fsp3) is 0.385. The number of aromatic nitrogens is 3. The van der Waals surface area contributed by atoms with Gasteiger partial charge in [-0.1, -0.05) is 6.92 Å². The molecule has 1 heterocycles. The molecule has 138 valence electrons. The van der Waals surface area contributed by atoms with Crippen molar-refractivity contribution in [3.63, 3.8) is 0 Å². The standard InChI is InChI=1S/C13H13ClF4N4O2S/c1-4-7-5-8(15)9(6-10(7)25(14,23)24)22-12(21(2)3)19-11(20-22)13(16,17)18/h5-6H,4H2,1-3H3. The van der Waals surface area contributed by atoms with Crippen LogP contribution in [0.2, 0.25) is 0 Å². The monoisotopic (exact) mass is 400 g/mol. The third kappa shape index (κ3) is 3.87. The molecule has 0 spiro atoms. The van der Waals surface area contributed by atoms with Crippen molar-refractivity contribution in [3.05, 3.63) is 29.3 Å². The molecule has 0 N–H and O–H groups in total. The molecule has 0 atom stereocenters. The Morgan fingerprint density at radius 1 is 1.28 bits per heavy atom. The molecule has 0 fully saturated rings. The van der Waals surface area contributed by atoms with Crippen LogP contribution in [-0.4, -0.2) is 37.3 Å². The number of rotatable bonds is 4. The van der Waals surface area contributed by atoms with Gasteiger partial charge in [0.05, 0.1) is 4.90 Å². The molecule has 2 rings (SSSR count). The maximum atomic E-state index is 14.4. The molecule has 1 aromatic heterocycles. The Morgan fingerprint density at radius 3 is 2.32 bits per heavy atom. The summed E-state index contributed by atoms with van der Waals surface area (Å²) >= 11 is 0. The van der Waals surface area contributed by atoms with Crippen LogP contribution in [0, 0.1) is 5.82 Å². The Hall–Kier alpha value is -1.88. The maximum Gasteiger partial charge on any atom is 0.453 e. The van der Waals surface area contributed by atoms with Crippen molar-refractivity contribution in [1.82, 2.24) is 14.8 Å². The molecular weight excluding hydrogens is 388 g/mol. The van der Waals surface area contributed by atoms with Crippen molar-refractivity contribution in [3.8, 4) is 5.69 Å². The molecule has 2 aromatic rings. The van der Waals surface area contributed by atoms with E-state index in [9.17, 15) is 26.0 Å². The SMILES string of the molecule is CCc1cc(F)c(-n2nc(C(F)(F)F)nc2N(C)C)cc1S(=O)(=O)Cl. The highest BCUT2D eigenvalue weighted by Gasteiger charge is 2.38. The number of hydrogen-bond acceptors (Lipinski definition) is 5. The average molecular weight is 401 g/mol. The van der Waals surface area contributed by atoms with E-state index in [1.807, 2.05) is 0 Å². The normalized spacial score (nSPS) is 12.5. The van der Waals surface area contributed by atoms with E-state index in [2.05, 4.69) is 10.1 Å². The molecule has 0 unspecified atom stereocenters. The first-order valence-corrected chi connectivity index (χ1v) is 9.16. The largest absolute Gasteiger partial charge is 0.453 e. The zero-order chi connectivity index (χ0) is 19.2. The molecule has 12 heteroatoms. The van der Waals surface area contributed by atoms with Crippen molar-refractivity contribution in [1.29, 1.82) is 0 Å². The number of halogens is 5. The smallest absolute Gasteiger partial charge is 0.347 e. The van der Waals surface area contributed by atoms with Crippen LogP contribution in [-0.2, 0) is 21.6 Å². The van der Waals surface area contributed by atoms with Crippen molar-refractivity contribution in [2.75, 3.05) is 19.0 Å². The minimum atomic E-state index is -4.85. The molecule has 0 aliphatic carbocycles. The van der Waals surface area contributed by atoms with Crippen LogP contribution in [0.3, 0.4) is 0 Å². The summed E-state index contributed by atoms with van der Waals surface area (Å²) in [6, 6.07) is 1.75. The first-order valence-electron chi connectivity index (χ1n) is 6.85. The van der Waals surface area contributed by atoms with Gasteiger partial charge in [-0.05, 0) is 24.1 Å². The topological polar surface area (TPSA) is 68.1 Å². The summed E-state index contributed by atoms with van der Waals surface area (Å²) in [5.41, 5.74) is -0.415. The molecule has 25 heavy (non-hydrogen) atoms. The highest BCUT2D eigenvalue weighted by atomic mass is 35.7. The van der Waals surface area contributed by atoms with Crippen LogP contribution in [0.1, 0.15) is 18.3 Å². The number of aryl methyl sites for hydroxylation is 1. The van der Waals surface area contributed by atoms with Gasteiger partial charge in [-0.25, -0.2) is 12.8 Å². The van der Waals surface area contributed by atoms with E-state index in [1.165, 1.54) is 19.0 Å². The highest BCUT2D eigenvalue weighted by molar-refractivity contribution is 8.13. The van der Waals surface area contributed by atoms with E-state index in [0.29, 0.717) is 4.68 Å². The Balaban J connectivity index is 2.80. The lowest BCUT2D eigenvalue weighted by molar-refractivity contribution is -0.144. The number of hydrogen-bond donors (Lipinski definition) is 0. The Labute approximate surface area is 145 Å². The van der Waals surface area contributed by atoms with E-state index in [4.69, 9.17) is 10.7 Å². The van der Waals surface area contributed by atoms with Crippen LogP contribution in [0.4, 0.5) is 23.5 Å². The Morgan fingerprint density at radius 2 is 1.88 bits per heavy atom. The first kappa shape index (κ1) is 19.4. The number of anilines is 1. The fourth-order valence-electron chi connectivity index (χ4n) is 2.12. The molecule has 6 nitrogen and oxygen atoms in total. The average Bonchev–Trinajstić information content (AvgIpc) is 2.90. The lowest BCUT2D eigenvalue weighted by Crippen LogP contribution is -2.16. The van der Waals surface area contributed by atoms with E-state index in [0.717, 1.165) is 12.1 Å². The van der Waals surface area contributed by atoms with Crippen LogP contribution >= 0.6 is 10.7 Å². The summed E-state index contributed by atoms with van der Waals surface area (Å²) in [4.78, 5) is 4.12. The van der Waals surface area contributed by atoms with Gasteiger partial charge in [-0.15, -0.1) is 5.10 Å². The van der Waals surface area contributed by atoms with Gasteiger partial charge in [0.25, 0.3) is 14.9 Å². The molecule has 0 aliphatic heterocycles. The summed E-state index contributed by atoms with van der Waals surface area (Å²) in [6.45, 7) is 1.59. The van der Waals surface area contributed by atoms with Gasteiger partial charge in [-0.3, -0.25) is 0 Å². The minimum Gasteiger partial charge on any atom is -0.347 e. The second-order valence-electron chi connectivity index (χ2n) is 5.24. The van der Waals surface area contributed by atoms with E-state index in [1.54, 1.807) is 6.92 Å². The number of nitrogens with zero attached hydrogens (tertiary/aromatic N) is 4. The molecular formula is C13H13ClF4N4O2S. The molecule has 1 aromatic carbocycles. The van der Waals surface area contributed by atoms with E-state index in [-0.39, 0.29) is 17.9 Å². The van der Waals surface area contributed by atoms with E-state index >= 15 is 0 Å². The lowest BCUT2D eigenvalue weighted by Gasteiger charge is -2.14. The van der Waals surface area contributed by atoms with Crippen molar-refractivity contribution >= 4 is 25.7 Å². The van der Waals surface area contributed by atoms with Crippen LogP contribution in [0.5, 0.6) is 0 Å². The van der Waals surface area contributed by atoms with Gasteiger partial charge in [0.2, 0.25) is 5.95 Å². The number of alkyl halides is 3. The molecule has 0 saturated carbocycles. The highest BCUT2D eigenvalue weighted by Crippen LogP contribution is 2.32. The van der Waals surface area contributed by atoms with Gasteiger partial charge in [-0.2, -0.15) is 22.8 Å². The zero-order valence-electron chi connectivity index (χ0n) is 13.3. The summed E-state index contributed by atoms with van der Waals surface area (Å²) in [5.74, 6) is -2.76. The summed E-state index contributed by atoms with van der Waals surface area (Å²) in [7, 11) is 3.88. The summed E-state index contributed by atoms with van der Waals surface area (Å²) in [5, 5.41) is 3.27. The number of benzene rings is 1. The third-order valence-corrected chi connectivity index (χ3v) is 4.65. The van der Waals surface area contributed by atoms with Gasteiger partial charge in [0, 0.05) is 24.8 Å². The predicted octanol–water partition coefficient (Wildman–Crippen LogP) is 2.98. The summed E-state index contributed by atoms with van der Waals surface area (Å²) in [6.07, 6.45) is -4.69. The molecule has 0 aliphatic rings. The third-order valence-electron chi connectivity index (χ3n) is 3.25. The van der Waals surface area contributed by atoms with Gasteiger partial charge in [0.1, 0.15) is 11.5 Å². The molecule has 0 radical (unpaired) electrons. The molecule has 0 saturated heterocycles. The van der Waals surface area contributed by atoms with Crippen LogP contribution in [0.15, 0.2) is 17.0 Å². The van der Waals surface area contributed by atoms with Gasteiger partial charge < -0.3 is 4.90 Å².